The summed E-state index contributed by atoms with van der Waals surface area (Å²) >= 11 is 8.01. The zero-order chi connectivity index (χ0) is 18.4. The Morgan fingerprint density at radius 2 is 2.15 bits per heavy atom. The van der Waals surface area contributed by atoms with Gasteiger partial charge in [-0.15, -0.1) is 11.8 Å². The van der Waals surface area contributed by atoms with Crippen molar-refractivity contribution >= 4 is 34.3 Å². The van der Waals surface area contributed by atoms with Crippen molar-refractivity contribution in [1.82, 2.24) is 4.98 Å². The van der Waals surface area contributed by atoms with Gasteiger partial charge in [-0.1, -0.05) is 23.7 Å². The van der Waals surface area contributed by atoms with Crippen molar-refractivity contribution in [2.75, 3.05) is 12.3 Å². The summed E-state index contributed by atoms with van der Waals surface area (Å²) < 4.78 is 0. The number of rotatable bonds is 3. The number of phenols is 1. The molecule has 0 atom stereocenters. The molecule has 0 radical (unpaired) electrons. The predicted octanol–water partition coefficient (Wildman–Crippen LogP) is 4.01. The Labute approximate surface area is 160 Å². The summed E-state index contributed by atoms with van der Waals surface area (Å²) in [6.45, 7) is 2.43. The first-order chi connectivity index (χ1) is 12.5. The summed E-state index contributed by atoms with van der Waals surface area (Å²) in [6, 6.07) is 7.48. The highest BCUT2D eigenvalue weighted by atomic mass is 35.5. The topological polar surface area (TPSA) is 79.1 Å². The number of hydrogen-bond acceptors (Lipinski definition) is 4. The molecule has 1 aliphatic rings. The lowest BCUT2D eigenvalue weighted by Gasteiger charge is -2.16. The number of pyridine rings is 1. The third-order valence-corrected chi connectivity index (χ3v) is 6.36. The highest BCUT2D eigenvalue weighted by Gasteiger charge is 2.24. The molecule has 0 fully saturated rings. The molecule has 0 unspecified atom stereocenters. The van der Waals surface area contributed by atoms with Gasteiger partial charge >= 0.3 is 0 Å². The maximum absolute atomic E-state index is 12.4. The number of benzene rings is 2. The van der Waals surface area contributed by atoms with Gasteiger partial charge in [0.15, 0.2) is 0 Å². The first-order valence-corrected chi connectivity index (χ1v) is 9.90. The molecule has 2 aromatic carbocycles. The average Bonchev–Trinajstić information content (AvgIpc) is 3.09. The van der Waals surface area contributed by atoms with Crippen molar-refractivity contribution in [3.05, 3.63) is 56.3 Å². The number of halogens is 1. The molecule has 0 saturated heterocycles. The second-order valence-electron chi connectivity index (χ2n) is 6.54. The highest BCUT2D eigenvalue weighted by molar-refractivity contribution is 7.99. The molecule has 26 heavy (non-hydrogen) atoms. The monoisotopic (exact) mass is 386 g/mol. The molecule has 4 nitrogen and oxygen atoms in total. The van der Waals surface area contributed by atoms with E-state index in [9.17, 15) is 9.90 Å². The third kappa shape index (κ3) is 2.71. The first kappa shape index (κ1) is 17.5. The van der Waals surface area contributed by atoms with E-state index in [-0.39, 0.29) is 11.3 Å². The summed E-state index contributed by atoms with van der Waals surface area (Å²) in [5.74, 6) is 1.07. The lowest BCUT2D eigenvalue weighted by atomic mass is 9.92. The van der Waals surface area contributed by atoms with E-state index >= 15 is 0 Å². The quantitative estimate of drug-likeness (QED) is 0.635. The van der Waals surface area contributed by atoms with Gasteiger partial charge in [-0.3, -0.25) is 4.79 Å². The van der Waals surface area contributed by atoms with E-state index in [1.165, 1.54) is 0 Å². The van der Waals surface area contributed by atoms with E-state index in [4.69, 9.17) is 17.3 Å². The SMILES string of the molecule is Cc1cc(O)c(-c2ccc(CCN)c(Cl)c2)c2c3c(c(=O)[nH]c12)SCC3. The molecule has 0 saturated carbocycles. The van der Waals surface area contributed by atoms with E-state index in [1.54, 1.807) is 17.8 Å². The Morgan fingerprint density at radius 1 is 1.35 bits per heavy atom. The summed E-state index contributed by atoms with van der Waals surface area (Å²) in [5.41, 5.74) is 10.8. The fourth-order valence-corrected chi connectivity index (χ4v) is 5.03. The first-order valence-electron chi connectivity index (χ1n) is 8.54. The van der Waals surface area contributed by atoms with Crippen molar-refractivity contribution in [1.29, 1.82) is 0 Å². The fraction of sp³-hybridized carbons (Fsp3) is 0.250. The number of phenolic OH excluding ortho intramolecular Hbond substituents is 1. The van der Waals surface area contributed by atoms with Crippen LogP contribution in [0.25, 0.3) is 22.0 Å². The lowest BCUT2D eigenvalue weighted by Crippen LogP contribution is -2.10. The van der Waals surface area contributed by atoms with Gasteiger partial charge in [-0.25, -0.2) is 0 Å². The molecule has 4 rings (SSSR count). The Hall–Kier alpha value is -1.95. The molecule has 0 amide bonds. The Kier molecular flexibility index (Phi) is 4.47. The maximum Gasteiger partial charge on any atom is 0.262 e. The van der Waals surface area contributed by atoms with E-state index in [2.05, 4.69) is 4.98 Å². The summed E-state index contributed by atoms with van der Waals surface area (Å²) in [7, 11) is 0. The van der Waals surface area contributed by atoms with Crippen LogP contribution in [0.2, 0.25) is 5.02 Å². The minimum atomic E-state index is -0.0499. The number of aromatic amines is 1. The van der Waals surface area contributed by atoms with Crippen molar-refractivity contribution in [3.63, 3.8) is 0 Å². The van der Waals surface area contributed by atoms with Crippen molar-refractivity contribution in [2.45, 2.75) is 24.7 Å². The number of H-pyrrole nitrogens is 1. The van der Waals surface area contributed by atoms with Gasteiger partial charge < -0.3 is 15.8 Å². The summed E-state index contributed by atoms with van der Waals surface area (Å²) in [6.07, 6.45) is 1.52. The number of fused-ring (bicyclic) bond motifs is 3. The number of aromatic hydroxyl groups is 1. The molecule has 3 aromatic rings. The minimum Gasteiger partial charge on any atom is -0.507 e. The smallest absolute Gasteiger partial charge is 0.262 e. The van der Waals surface area contributed by atoms with Crippen LogP contribution in [-0.2, 0) is 12.8 Å². The van der Waals surface area contributed by atoms with Crippen molar-refractivity contribution in [3.8, 4) is 16.9 Å². The van der Waals surface area contributed by atoms with Crippen LogP contribution in [0.5, 0.6) is 5.75 Å². The van der Waals surface area contributed by atoms with E-state index in [1.807, 2.05) is 25.1 Å². The van der Waals surface area contributed by atoms with E-state index in [0.717, 1.165) is 55.8 Å². The van der Waals surface area contributed by atoms with Crippen molar-refractivity contribution < 1.29 is 5.11 Å². The molecule has 6 heteroatoms. The van der Waals surface area contributed by atoms with Gasteiger partial charge in [0.25, 0.3) is 5.56 Å². The minimum absolute atomic E-state index is 0.0499. The molecule has 4 N–H and O–H groups in total. The van der Waals surface area contributed by atoms with Crippen LogP contribution in [0.3, 0.4) is 0 Å². The second kappa shape index (κ2) is 6.65. The zero-order valence-electron chi connectivity index (χ0n) is 14.4. The van der Waals surface area contributed by atoms with Crippen molar-refractivity contribution in [2.24, 2.45) is 5.73 Å². The Balaban J connectivity index is 2.06. The molecule has 134 valence electrons. The number of aromatic nitrogens is 1. The van der Waals surface area contributed by atoms with Crippen LogP contribution >= 0.6 is 23.4 Å². The van der Waals surface area contributed by atoms with Gasteiger partial charge in [-0.05, 0) is 60.7 Å². The molecule has 1 aliphatic heterocycles. The van der Waals surface area contributed by atoms with Gasteiger partial charge in [-0.2, -0.15) is 0 Å². The van der Waals surface area contributed by atoms with Crippen LogP contribution in [0.1, 0.15) is 16.7 Å². The van der Waals surface area contributed by atoms with Crippen LogP contribution in [0, 0.1) is 6.92 Å². The van der Waals surface area contributed by atoms with Gasteiger partial charge in [0.2, 0.25) is 0 Å². The second-order valence-corrected chi connectivity index (χ2v) is 8.06. The summed E-state index contributed by atoms with van der Waals surface area (Å²) in [4.78, 5) is 16.2. The van der Waals surface area contributed by atoms with Crippen LogP contribution in [-0.4, -0.2) is 22.4 Å². The lowest BCUT2D eigenvalue weighted by molar-refractivity contribution is 0.477. The van der Waals surface area contributed by atoms with E-state index in [0.29, 0.717) is 18.0 Å². The predicted molar refractivity (Wildman–Crippen MR) is 109 cm³/mol. The average molecular weight is 387 g/mol. The van der Waals surface area contributed by atoms with Crippen LogP contribution < -0.4 is 11.3 Å². The Morgan fingerprint density at radius 3 is 2.88 bits per heavy atom. The fourth-order valence-electron chi connectivity index (χ4n) is 3.68. The molecule has 0 aliphatic carbocycles. The van der Waals surface area contributed by atoms with Crippen LogP contribution in [0.15, 0.2) is 34.0 Å². The van der Waals surface area contributed by atoms with Gasteiger partial charge in [0.05, 0.1) is 10.4 Å². The van der Waals surface area contributed by atoms with Gasteiger partial charge in [0, 0.05) is 21.7 Å². The normalized spacial score (nSPS) is 13.3. The summed E-state index contributed by atoms with van der Waals surface area (Å²) in [5, 5.41) is 12.3. The third-order valence-electron chi connectivity index (χ3n) is 4.88. The molecule has 2 heterocycles. The number of aryl methyl sites for hydroxylation is 2. The molecular weight excluding hydrogens is 368 g/mol. The maximum atomic E-state index is 12.4. The largest absolute Gasteiger partial charge is 0.507 e. The zero-order valence-corrected chi connectivity index (χ0v) is 15.9. The van der Waals surface area contributed by atoms with Gasteiger partial charge in [0.1, 0.15) is 5.75 Å². The number of thioether (sulfide) groups is 1. The molecule has 0 spiro atoms. The number of hydrogen-bond donors (Lipinski definition) is 3. The van der Waals surface area contributed by atoms with E-state index < -0.39 is 0 Å². The highest BCUT2D eigenvalue weighted by Crippen LogP contribution is 2.43. The number of nitrogens with one attached hydrogen (secondary N) is 1. The molecule has 0 bridgehead atoms. The Bertz CT molecular complexity index is 1090. The number of nitrogens with two attached hydrogens (primary N) is 1. The molecular formula is C20H19ClN2O2S. The van der Waals surface area contributed by atoms with Crippen LogP contribution in [0.4, 0.5) is 0 Å². The molecule has 1 aromatic heterocycles. The standard InChI is InChI=1S/C20H19ClN2O2S/c1-10-8-15(24)16(12-3-2-11(4-6-22)14(21)9-12)17-13-5-7-26-19(13)20(25)23-18(10)17/h2-3,8-9,24H,4-7,22H2,1H3,(H,23,25).